The van der Waals surface area contributed by atoms with Crippen LogP contribution in [0, 0.1) is 12.7 Å². The molecule has 0 aliphatic carbocycles. The Kier molecular flexibility index (Phi) is 3.41. The molecule has 0 saturated carbocycles. The molecule has 0 fully saturated rings. The van der Waals surface area contributed by atoms with E-state index in [4.69, 9.17) is 5.73 Å². The molecule has 0 bridgehead atoms. The van der Waals surface area contributed by atoms with Gasteiger partial charge in [-0.3, -0.25) is 0 Å². The average molecular weight is 246 g/mol. The van der Waals surface area contributed by atoms with Gasteiger partial charge in [-0.1, -0.05) is 6.07 Å². The lowest BCUT2D eigenvalue weighted by molar-refractivity contribution is 0.627. The minimum Gasteiger partial charge on any atom is -0.384 e. The van der Waals surface area contributed by atoms with Gasteiger partial charge in [0.15, 0.2) is 0 Å². The summed E-state index contributed by atoms with van der Waals surface area (Å²) in [5.74, 6) is 0.813. The van der Waals surface area contributed by atoms with Gasteiger partial charge in [0.05, 0.1) is 6.54 Å². The first kappa shape index (κ1) is 12.3. The Morgan fingerprint density at radius 2 is 2.06 bits per heavy atom. The monoisotopic (exact) mass is 246 g/mol. The van der Waals surface area contributed by atoms with Crippen LogP contribution in [0.4, 0.5) is 15.9 Å². The summed E-state index contributed by atoms with van der Waals surface area (Å²) in [6, 6.07) is 8.11. The lowest BCUT2D eigenvalue weighted by Gasteiger charge is -2.18. The van der Waals surface area contributed by atoms with Crippen LogP contribution < -0.4 is 10.6 Å². The zero-order valence-corrected chi connectivity index (χ0v) is 10.4. The van der Waals surface area contributed by atoms with E-state index in [1.165, 1.54) is 12.1 Å². The maximum absolute atomic E-state index is 13.1. The maximum Gasteiger partial charge on any atom is 0.150 e. The summed E-state index contributed by atoms with van der Waals surface area (Å²) in [4.78, 5) is 10.3. The summed E-state index contributed by atoms with van der Waals surface area (Å²) in [5.41, 5.74) is 7.27. The highest BCUT2D eigenvalue weighted by molar-refractivity contribution is 5.45. The second kappa shape index (κ2) is 5.00. The van der Waals surface area contributed by atoms with Crippen LogP contribution in [-0.2, 0) is 6.54 Å². The number of nitrogens with two attached hydrogens (primary N) is 1. The number of anilines is 2. The lowest BCUT2D eigenvalue weighted by Crippen LogP contribution is -2.19. The fourth-order valence-corrected chi connectivity index (χ4v) is 1.74. The highest BCUT2D eigenvalue weighted by Crippen LogP contribution is 2.15. The van der Waals surface area contributed by atoms with E-state index in [0.29, 0.717) is 18.2 Å². The van der Waals surface area contributed by atoms with Crippen LogP contribution in [0.1, 0.15) is 11.5 Å². The molecule has 94 valence electrons. The third-order valence-electron chi connectivity index (χ3n) is 2.55. The van der Waals surface area contributed by atoms with Crippen molar-refractivity contribution in [3.63, 3.8) is 0 Å². The summed E-state index contributed by atoms with van der Waals surface area (Å²) in [5, 5.41) is 0. The van der Waals surface area contributed by atoms with E-state index >= 15 is 0 Å². The van der Waals surface area contributed by atoms with E-state index in [-0.39, 0.29) is 5.82 Å². The van der Waals surface area contributed by atoms with Crippen molar-refractivity contribution in [2.45, 2.75) is 13.5 Å². The second-order valence-electron chi connectivity index (χ2n) is 4.19. The van der Waals surface area contributed by atoms with Crippen LogP contribution in [0.25, 0.3) is 0 Å². The first-order valence-electron chi connectivity index (χ1n) is 5.61. The van der Waals surface area contributed by atoms with E-state index in [9.17, 15) is 4.39 Å². The zero-order chi connectivity index (χ0) is 13.1. The summed E-state index contributed by atoms with van der Waals surface area (Å²) in [6.07, 6.45) is 0. The van der Waals surface area contributed by atoms with Crippen LogP contribution in [0.15, 0.2) is 30.3 Å². The smallest absolute Gasteiger partial charge is 0.150 e. The molecule has 4 nitrogen and oxygen atoms in total. The average Bonchev–Trinajstić information content (AvgIpc) is 2.27. The normalized spacial score (nSPS) is 10.4. The van der Waals surface area contributed by atoms with Crippen molar-refractivity contribution in [3.8, 4) is 0 Å². The summed E-state index contributed by atoms with van der Waals surface area (Å²) >= 11 is 0. The Hall–Kier alpha value is -2.17. The molecule has 0 atom stereocenters. The molecule has 2 N–H and O–H groups in total. The van der Waals surface area contributed by atoms with Gasteiger partial charge >= 0.3 is 0 Å². The van der Waals surface area contributed by atoms with Crippen molar-refractivity contribution in [3.05, 3.63) is 47.7 Å². The van der Waals surface area contributed by atoms with E-state index in [0.717, 1.165) is 11.4 Å². The fraction of sp³-hybridized carbons (Fsp3) is 0.231. The predicted molar refractivity (Wildman–Crippen MR) is 69.7 cm³/mol. The molecule has 2 aromatic rings. The van der Waals surface area contributed by atoms with Crippen molar-refractivity contribution >= 4 is 11.5 Å². The lowest BCUT2D eigenvalue weighted by atomic mass is 10.3. The number of nitrogens with zero attached hydrogens (tertiary/aromatic N) is 3. The van der Waals surface area contributed by atoms with Gasteiger partial charge in [0.2, 0.25) is 0 Å². The van der Waals surface area contributed by atoms with Crippen LogP contribution in [0.3, 0.4) is 0 Å². The van der Waals surface area contributed by atoms with Gasteiger partial charge in [-0.15, -0.1) is 0 Å². The van der Waals surface area contributed by atoms with E-state index in [1.807, 2.05) is 24.9 Å². The van der Waals surface area contributed by atoms with Gasteiger partial charge in [-0.05, 0) is 25.1 Å². The summed E-state index contributed by atoms with van der Waals surface area (Å²) < 4.78 is 13.1. The molecule has 2 rings (SSSR count). The standard InChI is InChI=1S/C13H15FN4/c1-9-6-12(15)17-13(16-9)8-18(2)11-5-3-4-10(14)7-11/h3-7H,8H2,1-2H3,(H2,15,16,17). The number of benzene rings is 1. The van der Waals surface area contributed by atoms with Crippen molar-refractivity contribution < 1.29 is 4.39 Å². The Labute approximate surface area is 105 Å². The van der Waals surface area contributed by atoms with Crippen molar-refractivity contribution in [1.29, 1.82) is 0 Å². The Balaban J connectivity index is 2.18. The van der Waals surface area contributed by atoms with Crippen LogP contribution in [0.5, 0.6) is 0 Å². The van der Waals surface area contributed by atoms with Crippen molar-refractivity contribution in [1.82, 2.24) is 9.97 Å². The molecule has 0 spiro atoms. The van der Waals surface area contributed by atoms with Crippen molar-refractivity contribution in [2.75, 3.05) is 17.7 Å². The number of rotatable bonds is 3. The van der Waals surface area contributed by atoms with Gasteiger partial charge in [0.1, 0.15) is 17.5 Å². The molecule has 1 heterocycles. The van der Waals surface area contributed by atoms with Gasteiger partial charge in [-0.2, -0.15) is 0 Å². The largest absolute Gasteiger partial charge is 0.384 e. The Bertz CT molecular complexity index is 536. The predicted octanol–water partition coefficient (Wildman–Crippen LogP) is 2.14. The first-order chi connectivity index (χ1) is 8.54. The van der Waals surface area contributed by atoms with E-state index < -0.39 is 0 Å². The molecule has 1 aromatic heterocycles. The number of hydrogen-bond donors (Lipinski definition) is 1. The molecule has 0 amide bonds. The molecule has 0 unspecified atom stereocenters. The third kappa shape index (κ3) is 2.94. The number of aromatic nitrogens is 2. The Morgan fingerprint density at radius 1 is 1.28 bits per heavy atom. The quantitative estimate of drug-likeness (QED) is 0.901. The fourth-order valence-electron chi connectivity index (χ4n) is 1.74. The minimum atomic E-state index is -0.260. The van der Waals surface area contributed by atoms with Gasteiger partial charge in [-0.25, -0.2) is 14.4 Å². The highest BCUT2D eigenvalue weighted by Gasteiger charge is 2.06. The van der Waals surface area contributed by atoms with Crippen LogP contribution >= 0.6 is 0 Å². The number of aryl methyl sites for hydroxylation is 1. The second-order valence-corrected chi connectivity index (χ2v) is 4.19. The van der Waals surface area contributed by atoms with Gasteiger partial charge in [0.25, 0.3) is 0 Å². The zero-order valence-electron chi connectivity index (χ0n) is 10.4. The first-order valence-corrected chi connectivity index (χ1v) is 5.61. The molecule has 5 heteroatoms. The minimum absolute atomic E-state index is 0.260. The Morgan fingerprint density at radius 3 is 2.72 bits per heavy atom. The van der Waals surface area contributed by atoms with Gasteiger partial charge < -0.3 is 10.6 Å². The maximum atomic E-state index is 13.1. The SMILES string of the molecule is Cc1cc(N)nc(CN(C)c2cccc(F)c2)n1. The summed E-state index contributed by atoms with van der Waals surface area (Å²) in [6.45, 7) is 2.35. The summed E-state index contributed by atoms with van der Waals surface area (Å²) in [7, 11) is 1.86. The van der Waals surface area contributed by atoms with E-state index in [2.05, 4.69) is 9.97 Å². The molecule has 1 aromatic carbocycles. The third-order valence-corrected chi connectivity index (χ3v) is 2.55. The number of nitrogen functional groups attached to an aromatic ring is 1. The molecule has 0 saturated heterocycles. The van der Waals surface area contributed by atoms with Crippen molar-refractivity contribution in [2.24, 2.45) is 0 Å². The molecular formula is C13H15FN4. The topological polar surface area (TPSA) is 55.0 Å². The van der Waals surface area contributed by atoms with Gasteiger partial charge in [0, 0.05) is 24.5 Å². The van der Waals surface area contributed by atoms with E-state index in [1.54, 1.807) is 12.1 Å². The van der Waals surface area contributed by atoms with Crippen LogP contribution in [-0.4, -0.2) is 17.0 Å². The molecule has 0 aliphatic rings. The number of halogens is 1. The highest BCUT2D eigenvalue weighted by atomic mass is 19.1. The number of hydrogen-bond acceptors (Lipinski definition) is 4. The molecule has 18 heavy (non-hydrogen) atoms. The van der Waals surface area contributed by atoms with Crippen LogP contribution in [0.2, 0.25) is 0 Å². The molecular weight excluding hydrogens is 231 g/mol. The molecule has 0 radical (unpaired) electrons. The molecule has 0 aliphatic heterocycles.